The smallest absolute Gasteiger partial charge is 0.270 e. The summed E-state index contributed by atoms with van der Waals surface area (Å²) in [6.45, 7) is 9.76. The number of amides is 1. The number of nitrogens with one attached hydrogen (secondary N) is 2. The van der Waals surface area contributed by atoms with Crippen molar-refractivity contribution in [2.24, 2.45) is 0 Å². The van der Waals surface area contributed by atoms with Crippen LogP contribution in [0.2, 0.25) is 0 Å². The number of aryl methyl sites for hydroxylation is 1. The molecule has 5 heteroatoms. The average Bonchev–Trinajstić information content (AvgIpc) is 2.75. The number of ketones is 1. The second kappa shape index (κ2) is 5.79. The molecule has 0 aliphatic carbocycles. The van der Waals surface area contributed by atoms with Crippen LogP contribution in [-0.2, 0) is 6.42 Å². The third kappa shape index (κ3) is 2.50. The highest BCUT2D eigenvalue weighted by Crippen LogP contribution is 2.22. The van der Waals surface area contributed by atoms with Gasteiger partial charge >= 0.3 is 0 Å². The predicted molar refractivity (Wildman–Crippen MR) is 78.3 cm³/mol. The number of aromatic amines is 1. The number of piperazine rings is 1. The number of nitrogens with zero attached hydrogens (tertiary/aromatic N) is 1. The minimum atomic E-state index is 0.00597. The summed E-state index contributed by atoms with van der Waals surface area (Å²) in [7, 11) is 0. The molecule has 1 aliphatic rings. The summed E-state index contributed by atoms with van der Waals surface area (Å²) < 4.78 is 0. The number of aromatic nitrogens is 1. The summed E-state index contributed by atoms with van der Waals surface area (Å²) in [4.78, 5) is 29.5. The highest BCUT2D eigenvalue weighted by atomic mass is 16.2. The standard InChI is InChI=1S/C15H23N3O2/c1-5-12-13(11(4)19)10(3)17-14(12)15(20)18-7-6-16-8-9(18)2/h9,16-17H,5-8H2,1-4H3/t9-/m1/s1. The molecule has 0 aromatic carbocycles. The number of hydrogen-bond acceptors (Lipinski definition) is 3. The van der Waals surface area contributed by atoms with Crippen molar-refractivity contribution in [2.45, 2.75) is 40.2 Å². The van der Waals surface area contributed by atoms with E-state index in [0.717, 1.165) is 24.3 Å². The fourth-order valence-corrected chi connectivity index (χ4v) is 2.98. The minimum absolute atomic E-state index is 0.00597. The molecule has 0 unspecified atom stereocenters. The molecule has 1 fully saturated rings. The van der Waals surface area contributed by atoms with Crippen LogP contribution in [0, 0.1) is 6.92 Å². The number of carbonyl (C=O) groups excluding carboxylic acids is 2. The van der Waals surface area contributed by atoms with E-state index < -0.39 is 0 Å². The zero-order chi connectivity index (χ0) is 14.9. The van der Waals surface area contributed by atoms with Gasteiger partial charge in [-0.05, 0) is 32.8 Å². The molecule has 1 aliphatic heterocycles. The maximum atomic E-state index is 12.7. The van der Waals surface area contributed by atoms with E-state index >= 15 is 0 Å². The first-order valence-corrected chi connectivity index (χ1v) is 7.21. The summed E-state index contributed by atoms with van der Waals surface area (Å²) in [6, 6.07) is 0.172. The van der Waals surface area contributed by atoms with Gasteiger partial charge in [0.15, 0.2) is 5.78 Å². The van der Waals surface area contributed by atoms with Gasteiger partial charge in [-0.15, -0.1) is 0 Å². The summed E-state index contributed by atoms with van der Waals surface area (Å²) in [5, 5.41) is 3.28. The van der Waals surface area contributed by atoms with Crippen LogP contribution in [0.4, 0.5) is 0 Å². The Morgan fingerprint density at radius 3 is 2.65 bits per heavy atom. The molecule has 1 aromatic rings. The molecule has 1 atom stereocenters. The maximum absolute atomic E-state index is 12.7. The van der Waals surface area contributed by atoms with E-state index in [1.807, 2.05) is 25.7 Å². The fraction of sp³-hybridized carbons (Fsp3) is 0.600. The number of H-pyrrole nitrogens is 1. The Morgan fingerprint density at radius 1 is 1.40 bits per heavy atom. The summed E-state index contributed by atoms with van der Waals surface area (Å²) >= 11 is 0. The molecule has 1 aromatic heterocycles. The van der Waals surface area contributed by atoms with E-state index in [1.165, 1.54) is 0 Å². The average molecular weight is 277 g/mol. The normalized spacial score (nSPS) is 19.2. The molecule has 0 radical (unpaired) electrons. The Morgan fingerprint density at radius 2 is 2.10 bits per heavy atom. The molecule has 1 amide bonds. The van der Waals surface area contributed by atoms with Crippen molar-refractivity contribution < 1.29 is 9.59 Å². The van der Waals surface area contributed by atoms with Crippen molar-refractivity contribution in [1.82, 2.24) is 15.2 Å². The van der Waals surface area contributed by atoms with E-state index in [0.29, 0.717) is 24.2 Å². The zero-order valence-electron chi connectivity index (χ0n) is 12.7. The number of carbonyl (C=O) groups is 2. The van der Waals surface area contributed by atoms with Crippen LogP contribution in [0.5, 0.6) is 0 Å². The Balaban J connectivity index is 2.39. The van der Waals surface area contributed by atoms with Gasteiger partial charge in [0.25, 0.3) is 5.91 Å². The third-order valence-electron chi connectivity index (χ3n) is 3.97. The van der Waals surface area contributed by atoms with Gasteiger partial charge in [0, 0.05) is 36.9 Å². The van der Waals surface area contributed by atoms with Gasteiger partial charge < -0.3 is 15.2 Å². The zero-order valence-corrected chi connectivity index (χ0v) is 12.7. The lowest BCUT2D eigenvalue weighted by Gasteiger charge is -2.34. The molecular weight excluding hydrogens is 254 g/mol. The molecule has 2 heterocycles. The predicted octanol–water partition coefficient (Wildman–Crippen LogP) is 1.52. The molecule has 0 saturated carbocycles. The topological polar surface area (TPSA) is 65.2 Å². The highest BCUT2D eigenvalue weighted by Gasteiger charge is 2.29. The summed E-state index contributed by atoms with van der Waals surface area (Å²) in [5.74, 6) is 0.0226. The van der Waals surface area contributed by atoms with Crippen LogP contribution in [0.1, 0.15) is 52.9 Å². The van der Waals surface area contributed by atoms with Crippen molar-refractivity contribution >= 4 is 11.7 Å². The van der Waals surface area contributed by atoms with Crippen LogP contribution in [0.15, 0.2) is 0 Å². The lowest BCUT2D eigenvalue weighted by molar-refractivity contribution is 0.0649. The minimum Gasteiger partial charge on any atom is -0.354 e. The van der Waals surface area contributed by atoms with Crippen LogP contribution in [0.25, 0.3) is 0 Å². The van der Waals surface area contributed by atoms with Crippen molar-refractivity contribution in [2.75, 3.05) is 19.6 Å². The number of rotatable bonds is 3. The van der Waals surface area contributed by atoms with Crippen LogP contribution >= 0.6 is 0 Å². The van der Waals surface area contributed by atoms with Crippen LogP contribution < -0.4 is 5.32 Å². The monoisotopic (exact) mass is 277 g/mol. The SMILES string of the molecule is CCc1c(C(=O)N2CCNC[C@H]2C)[nH]c(C)c1C(C)=O. The van der Waals surface area contributed by atoms with Crippen LogP contribution in [-0.4, -0.2) is 47.3 Å². The first-order valence-electron chi connectivity index (χ1n) is 7.21. The molecule has 110 valence electrons. The highest BCUT2D eigenvalue weighted by molar-refractivity contribution is 6.02. The number of hydrogen-bond donors (Lipinski definition) is 2. The molecule has 1 saturated heterocycles. The van der Waals surface area contributed by atoms with Crippen molar-refractivity contribution in [3.05, 3.63) is 22.5 Å². The lowest BCUT2D eigenvalue weighted by Crippen LogP contribution is -2.52. The van der Waals surface area contributed by atoms with Crippen molar-refractivity contribution in [3.8, 4) is 0 Å². The Bertz CT molecular complexity index is 533. The van der Waals surface area contributed by atoms with Gasteiger partial charge in [0.2, 0.25) is 0 Å². The summed E-state index contributed by atoms with van der Waals surface area (Å²) in [5.41, 5.74) is 2.91. The van der Waals surface area contributed by atoms with Gasteiger partial charge in [0.1, 0.15) is 5.69 Å². The lowest BCUT2D eigenvalue weighted by atomic mass is 10.0. The Labute approximate surface area is 119 Å². The Kier molecular flexibility index (Phi) is 4.28. The van der Waals surface area contributed by atoms with E-state index in [4.69, 9.17) is 0 Å². The fourth-order valence-electron chi connectivity index (χ4n) is 2.98. The second-order valence-corrected chi connectivity index (χ2v) is 5.44. The first kappa shape index (κ1) is 14.8. The molecule has 0 bridgehead atoms. The molecule has 2 N–H and O–H groups in total. The summed E-state index contributed by atoms with van der Waals surface area (Å²) in [6.07, 6.45) is 0.681. The second-order valence-electron chi connectivity index (χ2n) is 5.44. The van der Waals surface area contributed by atoms with Gasteiger partial charge in [-0.25, -0.2) is 0 Å². The van der Waals surface area contributed by atoms with Gasteiger partial charge in [-0.3, -0.25) is 9.59 Å². The quantitative estimate of drug-likeness (QED) is 0.823. The molecule has 20 heavy (non-hydrogen) atoms. The maximum Gasteiger partial charge on any atom is 0.270 e. The van der Waals surface area contributed by atoms with E-state index in [1.54, 1.807) is 6.92 Å². The van der Waals surface area contributed by atoms with Gasteiger partial charge in [-0.2, -0.15) is 0 Å². The van der Waals surface area contributed by atoms with Crippen molar-refractivity contribution in [1.29, 1.82) is 0 Å². The molecular formula is C15H23N3O2. The Hall–Kier alpha value is -1.62. The molecule has 2 rings (SSSR count). The van der Waals surface area contributed by atoms with Crippen LogP contribution in [0.3, 0.4) is 0 Å². The number of Topliss-reactive ketones (excluding diaryl/α,β-unsaturated/α-hetero) is 1. The van der Waals surface area contributed by atoms with E-state index in [-0.39, 0.29) is 17.7 Å². The van der Waals surface area contributed by atoms with Gasteiger partial charge in [0.05, 0.1) is 0 Å². The largest absolute Gasteiger partial charge is 0.354 e. The van der Waals surface area contributed by atoms with Crippen molar-refractivity contribution in [3.63, 3.8) is 0 Å². The van der Waals surface area contributed by atoms with E-state index in [9.17, 15) is 9.59 Å². The third-order valence-corrected chi connectivity index (χ3v) is 3.97. The first-order chi connectivity index (χ1) is 9.47. The van der Waals surface area contributed by atoms with E-state index in [2.05, 4.69) is 10.3 Å². The molecule has 0 spiro atoms. The van der Waals surface area contributed by atoms with Gasteiger partial charge in [-0.1, -0.05) is 6.92 Å². The molecule has 5 nitrogen and oxygen atoms in total.